The number of hydrogen-bond donors (Lipinski definition) is 1. The summed E-state index contributed by atoms with van der Waals surface area (Å²) >= 11 is 0. The zero-order valence-corrected chi connectivity index (χ0v) is 18.1. The predicted molar refractivity (Wildman–Crippen MR) is 113 cm³/mol. The van der Waals surface area contributed by atoms with Crippen molar-refractivity contribution in [3.8, 4) is 0 Å². The molecule has 3 rings (SSSR count). The Morgan fingerprint density at radius 3 is 2.50 bits per heavy atom. The highest BCUT2D eigenvalue weighted by molar-refractivity contribution is 5.52. The maximum Gasteiger partial charge on any atom is 0.416 e. The van der Waals surface area contributed by atoms with E-state index in [1.807, 2.05) is 29.8 Å². The summed E-state index contributed by atoms with van der Waals surface area (Å²) in [4.78, 5) is 0. The van der Waals surface area contributed by atoms with Crippen LogP contribution in [-0.2, 0) is 12.5 Å². The lowest BCUT2D eigenvalue weighted by Crippen LogP contribution is -2.43. The maximum atomic E-state index is 13.4. The van der Waals surface area contributed by atoms with E-state index in [9.17, 15) is 13.2 Å². The van der Waals surface area contributed by atoms with Gasteiger partial charge in [-0.15, -0.1) is 10.2 Å². The van der Waals surface area contributed by atoms with Gasteiger partial charge in [-0.25, -0.2) is 0 Å². The normalized spacial score (nSPS) is 21.9. The molecule has 1 aliphatic rings. The van der Waals surface area contributed by atoms with Gasteiger partial charge in [-0.2, -0.15) is 13.2 Å². The van der Waals surface area contributed by atoms with E-state index in [4.69, 9.17) is 0 Å². The second kappa shape index (κ2) is 8.28. The molecule has 1 heterocycles. The molecule has 0 aliphatic heterocycles. The Morgan fingerprint density at radius 1 is 1.30 bits per heavy atom. The third-order valence-electron chi connectivity index (χ3n) is 5.94. The summed E-state index contributed by atoms with van der Waals surface area (Å²) < 4.78 is 42.2. The van der Waals surface area contributed by atoms with Crippen molar-refractivity contribution in [2.24, 2.45) is 13.0 Å². The predicted octanol–water partition coefficient (Wildman–Crippen LogP) is 5.79. The average molecular weight is 419 g/mol. The maximum absolute atomic E-state index is 13.4. The Labute approximate surface area is 175 Å². The van der Waals surface area contributed by atoms with Crippen LogP contribution in [0.4, 0.5) is 18.9 Å². The van der Waals surface area contributed by atoms with E-state index in [0.29, 0.717) is 11.5 Å². The van der Waals surface area contributed by atoms with Gasteiger partial charge in [0.05, 0.1) is 11.0 Å². The van der Waals surface area contributed by atoms with Crippen LogP contribution in [0.2, 0.25) is 0 Å². The molecule has 1 fully saturated rings. The van der Waals surface area contributed by atoms with Crippen molar-refractivity contribution in [2.75, 3.05) is 11.9 Å². The van der Waals surface area contributed by atoms with Crippen molar-refractivity contribution in [3.05, 3.63) is 64.8 Å². The Hall–Kier alpha value is -2.57. The minimum Gasteiger partial charge on any atom is -0.381 e. The molecular formula is C23H29F3N4. The molecule has 0 unspecified atom stereocenters. The largest absolute Gasteiger partial charge is 0.416 e. The van der Waals surface area contributed by atoms with Crippen LogP contribution in [0.5, 0.6) is 0 Å². The van der Waals surface area contributed by atoms with Crippen LogP contribution < -0.4 is 5.32 Å². The smallest absolute Gasteiger partial charge is 0.381 e. The van der Waals surface area contributed by atoms with Gasteiger partial charge in [-0.1, -0.05) is 30.7 Å². The molecule has 0 amide bonds. The van der Waals surface area contributed by atoms with Crippen molar-refractivity contribution >= 4 is 5.69 Å². The molecule has 7 heteroatoms. The molecular weight excluding hydrogens is 389 g/mol. The molecule has 0 saturated heterocycles. The van der Waals surface area contributed by atoms with Gasteiger partial charge in [0.1, 0.15) is 12.2 Å². The number of alkyl halides is 3. The van der Waals surface area contributed by atoms with Gasteiger partial charge in [-0.05, 0) is 62.8 Å². The first-order valence-electron chi connectivity index (χ1n) is 10.2. The first kappa shape index (κ1) is 22.1. The van der Waals surface area contributed by atoms with Crippen molar-refractivity contribution in [1.82, 2.24) is 14.8 Å². The lowest BCUT2D eigenvalue weighted by molar-refractivity contribution is -0.0895. The molecule has 4 nitrogen and oxygen atoms in total. The second-order valence-corrected chi connectivity index (χ2v) is 8.47. The lowest BCUT2D eigenvalue weighted by atomic mass is 9.58. The van der Waals surface area contributed by atoms with E-state index in [0.717, 1.165) is 36.0 Å². The standard InChI is InChI=1S/C23H29F3N4/c1-6-20(23(24,25)26)19(15(2)3)13-27-18-9-7-8-17(10-18)22(11-16(4)12-22)21-29-28-14-30(21)5/h6-10,14,16,27H,11-13H2,1-5H3/b20-6+. The van der Waals surface area contributed by atoms with Crippen LogP contribution >= 0.6 is 0 Å². The van der Waals surface area contributed by atoms with Gasteiger partial charge in [0.15, 0.2) is 0 Å². The van der Waals surface area contributed by atoms with Gasteiger partial charge < -0.3 is 9.88 Å². The fourth-order valence-corrected chi connectivity index (χ4v) is 4.56. The first-order chi connectivity index (χ1) is 14.1. The van der Waals surface area contributed by atoms with E-state index in [1.165, 1.54) is 6.92 Å². The second-order valence-electron chi connectivity index (χ2n) is 8.47. The highest BCUT2D eigenvalue weighted by atomic mass is 19.4. The summed E-state index contributed by atoms with van der Waals surface area (Å²) in [6.45, 7) is 7.17. The zero-order chi connectivity index (χ0) is 22.1. The van der Waals surface area contributed by atoms with Crippen molar-refractivity contribution in [2.45, 2.75) is 52.1 Å². The minimum absolute atomic E-state index is 0.109. The van der Waals surface area contributed by atoms with Crippen molar-refractivity contribution in [1.29, 1.82) is 0 Å². The fraction of sp³-hybridized carbons (Fsp3) is 0.478. The molecule has 1 aromatic carbocycles. The van der Waals surface area contributed by atoms with E-state index < -0.39 is 11.7 Å². The quantitative estimate of drug-likeness (QED) is 0.604. The number of nitrogens with zero attached hydrogens (tertiary/aromatic N) is 3. The van der Waals surface area contributed by atoms with E-state index >= 15 is 0 Å². The molecule has 2 aromatic rings. The fourth-order valence-electron chi connectivity index (χ4n) is 4.56. The van der Waals surface area contributed by atoms with Gasteiger partial charge in [0.25, 0.3) is 0 Å². The van der Waals surface area contributed by atoms with Gasteiger partial charge in [-0.3, -0.25) is 0 Å². The monoisotopic (exact) mass is 418 g/mol. The first-order valence-corrected chi connectivity index (χ1v) is 10.2. The number of aryl methyl sites for hydroxylation is 1. The highest BCUT2D eigenvalue weighted by Gasteiger charge is 2.48. The average Bonchev–Trinajstić information content (AvgIpc) is 3.07. The van der Waals surface area contributed by atoms with Crippen molar-refractivity contribution in [3.63, 3.8) is 0 Å². The molecule has 0 bridgehead atoms. The third-order valence-corrected chi connectivity index (χ3v) is 5.94. The summed E-state index contributed by atoms with van der Waals surface area (Å²) in [5, 5.41) is 11.6. The van der Waals surface area contributed by atoms with Crippen molar-refractivity contribution < 1.29 is 13.2 Å². The number of allylic oxidation sites excluding steroid dienone is 2. The Kier molecular flexibility index (Phi) is 6.11. The lowest BCUT2D eigenvalue weighted by Gasteiger charge is -2.46. The molecule has 30 heavy (non-hydrogen) atoms. The molecule has 1 aromatic heterocycles. The Balaban J connectivity index is 1.87. The van der Waals surface area contributed by atoms with Crippen LogP contribution in [0, 0.1) is 5.92 Å². The SMILES string of the molecule is C/C=C(\C(CNc1cccc(C2(c3nncn3C)CC(C)C2)c1)=C(C)C)C(F)(F)F. The van der Waals surface area contributed by atoms with Crippen LogP contribution in [0.3, 0.4) is 0 Å². The highest BCUT2D eigenvalue weighted by Crippen LogP contribution is 2.51. The van der Waals surface area contributed by atoms with Gasteiger partial charge >= 0.3 is 6.18 Å². The number of nitrogens with one attached hydrogen (secondary N) is 1. The van der Waals surface area contributed by atoms with Crippen LogP contribution in [0.25, 0.3) is 0 Å². The van der Waals surface area contributed by atoms with Gasteiger partial charge in [0.2, 0.25) is 0 Å². The summed E-state index contributed by atoms with van der Waals surface area (Å²) in [7, 11) is 1.94. The van der Waals surface area contributed by atoms with Crippen LogP contribution in [0.15, 0.2) is 53.4 Å². The summed E-state index contributed by atoms with van der Waals surface area (Å²) in [5.41, 5.74) is 2.03. The zero-order valence-electron chi connectivity index (χ0n) is 18.1. The minimum atomic E-state index is -4.37. The number of hydrogen-bond acceptors (Lipinski definition) is 3. The molecule has 1 N–H and O–H groups in total. The van der Waals surface area contributed by atoms with Crippen LogP contribution in [-0.4, -0.2) is 27.5 Å². The summed E-state index contributed by atoms with van der Waals surface area (Å²) in [6.07, 6.45) is 0.415. The number of halogens is 3. The summed E-state index contributed by atoms with van der Waals surface area (Å²) in [5.74, 6) is 1.51. The number of aromatic nitrogens is 3. The van der Waals surface area contributed by atoms with Crippen LogP contribution in [0.1, 0.15) is 51.9 Å². The van der Waals surface area contributed by atoms with Gasteiger partial charge in [0, 0.05) is 19.3 Å². The molecule has 1 aliphatic carbocycles. The van der Waals surface area contributed by atoms with E-state index in [2.05, 4.69) is 28.5 Å². The Bertz CT molecular complexity index is 959. The van der Waals surface area contributed by atoms with E-state index in [1.54, 1.807) is 20.2 Å². The Morgan fingerprint density at radius 2 is 2.00 bits per heavy atom. The third kappa shape index (κ3) is 4.16. The summed E-state index contributed by atoms with van der Waals surface area (Å²) in [6, 6.07) is 7.94. The molecule has 0 radical (unpaired) electrons. The topological polar surface area (TPSA) is 42.7 Å². The molecule has 0 spiro atoms. The number of benzene rings is 1. The molecule has 0 atom stereocenters. The molecule has 162 valence electrons. The number of anilines is 1. The molecule has 1 saturated carbocycles. The number of rotatable bonds is 6. The van der Waals surface area contributed by atoms with E-state index in [-0.39, 0.29) is 17.5 Å².